The Bertz CT molecular complexity index is 920. The second-order valence-corrected chi connectivity index (χ2v) is 5.91. The molecule has 6 nitrogen and oxygen atoms in total. The van der Waals surface area contributed by atoms with Crippen molar-refractivity contribution in [3.8, 4) is 5.75 Å². The Morgan fingerprint density at radius 2 is 1.92 bits per heavy atom. The molecule has 1 amide bonds. The Balaban J connectivity index is 1.84. The molecule has 2 aromatic carbocycles. The highest BCUT2D eigenvalue weighted by Crippen LogP contribution is 2.27. The fourth-order valence-corrected chi connectivity index (χ4v) is 3.06. The van der Waals surface area contributed by atoms with Gasteiger partial charge < -0.3 is 9.47 Å². The number of anilines is 1. The number of amides is 1. The summed E-state index contributed by atoms with van der Waals surface area (Å²) in [4.78, 5) is 28.2. The number of aromatic nitrogens is 1. The molecule has 7 heteroatoms. The van der Waals surface area contributed by atoms with Crippen LogP contribution in [0, 0.1) is 0 Å². The van der Waals surface area contributed by atoms with E-state index < -0.39 is 5.97 Å². The number of thiazole rings is 1. The van der Waals surface area contributed by atoms with Gasteiger partial charge in [0.2, 0.25) is 0 Å². The summed E-state index contributed by atoms with van der Waals surface area (Å²) in [7, 11) is 2.88. The average molecular weight is 342 g/mol. The summed E-state index contributed by atoms with van der Waals surface area (Å²) in [5.41, 5.74) is 1.62. The molecule has 0 saturated carbocycles. The van der Waals surface area contributed by atoms with Crippen molar-refractivity contribution in [2.75, 3.05) is 19.5 Å². The SMILES string of the molecule is COC(=O)c1ccc2nc(NC(=O)c3cccc(OC)c3)sc2c1. The molecule has 0 aliphatic rings. The maximum absolute atomic E-state index is 12.3. The normalized spacial score (nSPS) is 10.4. The van der Waals surface area contributed by atoms with Crippen LogP contribution < -0.4 is 10.1 Å². The molecule has 0 aliphatic carbocycles. The van der Waals surface area contributed by atoms with Gasteiger partial charge in [0.1, 0.15) is 5.75 Å². The third-order valence-electron chi connectivity index (χ3n) is 3.36. The smallest absolute Gasteiger partial charge is 0.337 e. The predicted molar refractivity (Wildman–Crippen MR) is 91.9 cm³/mol. The van der Waals surface area contributed by atoms with Crippen LogP contribution in [0.4, 0.5) is 5.13 Å². The average Bonchev–Trinajstić information content (AvgIpc) is 3.02. The van der Waals surface area contributed by atoms with E-state index in [9.17, 15) is 9.59 Å². The van der Waals surface area contributed by atoms with Crippen LogP contribution in [0.2, 0.25) is 0 Å². The van der Waals surface area contributed by atoms with Crippen LogP contribution in [0.5, 0.6) is 5.75 Å². The highest BCUT2D eigenvalue weighted by Gasteiger charge is 2.12. The molecule has 0 spiro atoms. The summed E-state index contributed by atoms with van der Waals surface area (Å²) in [5.74, 6) is -0.0805. The van der Waals surface area contributed by atoms with E-state index in [2.05, 4.69) is 10.3 Å². The topological polar surface area (TPSA) is 77.5 Å². The van der Waals surface area contributed by atoms with Gasteiger partial charge in [0.15, 0.2) is 5.13 Å². The predicted octanol–water partition coefficient (Wildman–Crippen LogP) is 3.34. The molecule has 1 heterocycles. The van der Waals surface area contributed by atoms with Gasteiger partial charge in [0.05, 0.1) is 30.0 Å². The number of methoxy groups -OCH3 is 2. The Morgan fingerprint density at radius 3 is 2.67 bits per heavy atom. The van der Waals surface area contributed by atoms with Crippen LogP contribution in [-0.2, 0) is 4.74 Å². The molecule has 1 N–H and O–H groups in total. The van der Waals surface area contributed by atoms with E-state index in [1.54, 1.807) is 49.6 Å². The molecule has 1 aromatic heterocycles. The summed E-state index contributed by atoms with van der Waals surface area (Å²) in [5, 5.41) is 3.22. The number of carbonyl (C=O) groups excluding carboxylic acids is 2. The monoisotopic (exact) mass is 342 g/mol. The maximum Gasteiger partial charge on any atom is 0.337 e. The number of benzene rings is 2. The third kappa shape index (κ3) is 3.21. The van der Waals surface area contributed by atoms with Crippen LogP contribution in [-0.4, -0.2) is 31.1 Å². The van der Waals surface area contributed by atoms with Gasteiger partial charge in [-0.1, -0.05) is 17.4 Å². The Morgan fingerprint density at radius 1 is 1.08 bits per heavy atom. The largest absolute Gasteiger partial charge is 0.497 e. The molecule has 3 aromatic rings. The molecule has 0 radical (unpaired) electrons. The zero-order valence-corrected chi connectivity index (χ0v) is 13.8. The maximum atomic E-state index is 12.3. The molecule has 122 valence electrons. The fraction of sp³-hybridized carbons (Fsp3) is 0.118. The van der Waals surface area contributed by atoms with Crippen molar-refractivity contribution in [1.29, 1.82) is 0 Å². The summed E-state index contributed by atoms with van der Waals surface area (Å²) in [6.45, 7) is 0. The van der Waals surface area contributed by atoms with Gasteiger partial charge in [-0.2, -0.15) is 0 Å². The molecule has 3 rings (SSSR count). The lowest BCUT2D eigenvalue weighted by Gasteiger charge is -2.03. The van der Waals surface area contributed by atoms with E-state index in [1.807, 2.05) is 0 Å². The number of nitrogens with one attached hydrogen (secondary N) is 1. The Labute approximate surface area is 142 Å². The highest BCUT2D eigenvalue weighted by atomic mass is 32.1. The van der Waals surface area contributed by atoms with Gasteiger partial charge in [-0.25, -0.2) is 9.78 Å². The first-order valence-corrected chi connectivity index (χ1v) is 7.86. The first-order chi connectivity index (χ1) is 11.6. The standard InChI is InChI=1S/C17H14N2O4S/c1-22-12-5-3-4-10(8-12)15(20)19-17-18-13-7-6-11(16(21)23-2)9-14(13)24-17/h3-9H,1-2H3,(H,18,19,20). The number of fused-ring (bicyclic) bond motifs is 1. The molecule has 24 heavy (non-hydrogen) atoms. The lowest BCUT2D eigenvalue weighted by molar-refractivity contribution is 0.0601. The van der Waals surface area contributed by atoms with Crippen molar-refractivity contribution in [1.82, 2.24) is 4.98 Å². The zero-order chi connectivity index (χ0) is 17.1. The second kappa shape index (κ2) is 6.67. The second-order valence-electron chi connectivity index (χ2n) is 4.88. The van der Waals surface area contributed by atoms with Gasteiger partial charge >= 0.3 is 5.97 Å². The minimum Gasteiger partial charge on any atom is -0.497 e. The number of esters is 1. The summed E-state index contributed by atoms with van der Waals surface area (Å²) in [6.07, 6.45) is 0. The first kappa shape index (κ1) is 15.9. The summed E-state index contributed by atoms with van der Waals surface area (Å²) in [6, 6.07) is 11.9. The number of nitrogens with zero attached hydrogens (tertiary/aromatic N) is 1. The van der Waals surface area contributed by atoms with Crippen LogP contribution in [0.3, 0.4) is 0 Å². The van der Waals surface area contributed by atoms with Crippen molar-refractivity contribution < 1.29 is 19.1 Å². The van der Waals surface area contributed by atoms with E-state index in [1.165, 1.54) is 18.4 Å². The Hall–Kier alpha value is -2.93. The third-order valence-corrected chi connectivity index (χ3v) is 4.30. The molecular formula is C17H14N2O4S. The molecule has 0 unspecified atom stereocenters. The van der Waals surface area contributed by atoms with Gasteiger partial charge in [0.25, 0.3) is 5.91 Å². The molecule has 0 fully saturated rings. The fourth-order valence-electron chi connectivity index (χ4n) is 2.16. The summed E-state index contributed by atoms with van der Waals surface area (Å²) < 4.78 is 10.6. The zero-order valence-electron chi connectivity index (χ0n) is 13.0. The first-order valence-electron chi connectivity index (χ1n) is 7.05. The Kier molecular flexibility index (Phi) is 4.43. The van der Waals surface area contributed by atoms with Gasteiger partial charge in [-0.15, -0.1) is 0 Å². The number of carbonyl (C=O) groups is 2. The van der Waals surface area contributed by atoms with Crippen LogP contribution in [0.1, 0.15) is 20.7 Å². The van der Waals surface area contributed by atoms with E-state index in [0.29, 0.717) is 27.5 Å². The van der Waals surface area contributed by atoms with Gasteiger partial charge in [-0.05, 0) is 36.4 Å². The van der Waals surface area contributed by atoms with E-state index in [0.717, 1.165) is 4.70 Å². The molecule has 0 bridgehead atoms. The van der Waals surface area contributed by atoms with Crippen LogP contribution >= 0.6 is 11.3 Å². The van der Waals surface area contributed by atoms with Crippen molar-refractivity contribution in [2.24, 2.45) is 0 Å². The van der Waals surface area contributed by atoms with Crippen LogP contribution in [0.25, 0.3) is 10.2 Å². The lowest BCUT2D eigenvalue weighted by atomic mass is 10.2. The van der Waals surface area contributed by atoms with E-state index in [4.69, 9.17) is 9.47 Å². The van der Waals surface area contributed by atoms with Crippen molar-refractivity contribution in [3.05, 3.63) is 53.6 Å². The van der Waals surface area contributed by atoms with E-state index in [-0.39, 0.29) is 5.91 Å². The summed E-state index contributed by atoms with van der Waals surface area (Å²) >= 11 is 1.29. The van der Waals surface area contributed by atoms with Crippen molar-refractivity contribution in [2.45, 2.75) is 0 Å². The van der Waals surface area contributed by atoms with Crippen molar-refractivity contribution in [3.63, 3.8) is 0 Å². The highest BCUT2D eigenvalue weighted by molar-refractivity contribution is 7.22. The number of hydrogen-bond donors (Lipinski definition) is 1. The molecule has 0 atom stereocenters. The van der Waals surface area contributed by atoms with Crippen molar-refractivity contribution >= 4 is 38.6 Å². The van der Waals surface area contributed by atoms with Crippen LogP contribution in [0.15, 0.2) is 42.5 Å². The van der Waals surface area contributed by atoms with E-state index >= 15 is 0 Å². The molecule has 0 saturated heterocycles. The lowest BCUT2D eigenvalue weighted by Crippen LogP contribution is -2.11. The minimum absolute atomic E-state index is 0.277. The number of hydrogen-bond acceptors (Lipinski definition) is 6. The van der Waals surface area contributed by atoms with Gasteiger partial charge in [0, 0.05) is 5.56 Å². The quantitative estimate of drug-likeness (QED) is 0.736. The molecular weight excluding hydrogens is 328 g/mol. The minimum atomic E-state index is -0.410. The number of rotatable bonds is 4. The van der Waals surface area contributed by atoms with Gasteiger partial charge in [-0.3, -0.25) is 10.1 Å². The number of ether oxygens (including phenoxy) is 2. The molecule has 0 aliphatic heterocycles.